The summed E-state index contributed by atoms with van der Waals surface area (Å²) in [5.41, 5.74) is 0. The first-order valence-corrected chi connectivity index (χ1v) is 6.58. The molecule has 0 saturated carbocycles. The third kappa shape index (κ3) is 4.70. The summed E-state index contributed by atoms with van der Waals surface area (Å²) in [7, 11) is -0.217. The van der Waals surface area contributed by atoms with Crippen LogP contribution in [0.15, 0.2) is 0 Å². The van der Waals surface area contributed by atoms with Gasteiger partial charge in [0.15, 0.2) is 0 Å². The van der Waals surface area contributed by atoms with E-state index in [0.717, 1.165) is 0 Å². The molecule has 0 atom stereocenters. The van der Waals surface area contributed by atoms with Crippen molar-refractivity contribution >= 4 is 24.7 Å². The van der Waals surface area contributed by atoms with Crippen LogP contribution in [-0.2, 0) is 0 Å². The SMILES string of the molecule is C[SiH](C)CCBr. The lowest BCUT2D eigenvalue weighted by atomic mass is 11.0. The van der Waals surface area contributed by atoms with E-state index < -0.39 is 0 Å². The van der Waals surface area contributed by atoms with E-state index in [-0.39, 0.29) is 8.80 Å². The normalized spacial score (nSPS) is 10.0. The molecule has 0 fully saturated rings. The highest BCUT2D eigenvalue weighted by Gasteiger charge is 1.89. The molecule has 0 bridgehead atoms. The Balaban J connectivity index is 2.63. The molecule has 0 aliphatic rings. The van der Waals surface area contributed by atoms with E-state index >= 15 is 0 Å². The van der Waals surface area contributed by atoms with Gasteiger partial charge >= 0.3 is 0 Å². The molecule has 0 radical (unpaired) electrons. The number of alkyl halides is 1. The van der Waals surface area contributed by atoms with Crippen molar-refractivity contribution in [3.8, 4) is 0 Å². The van der Waals surface area contributed by atoms with E-state index in [4.69, 9.17) is 0 Å². The predicted octanol–water partition coefficient (Wildman–Crippen LogP) is 1.87. The fourth-order valence-electron chi connectivity index (χ4n) is 0.218. The van der Waals surface area contributed by atoms with Gasteiger partial charge in [-0.05, 0) is 0 Å². The molecule has 0 nitrogen and oxygen atoms in total. The third-order valence-electron chi connectivity index (χ3n) is 0.686. The Morgan fingerprint density at radius 3 is 2.00 bits per heavy atom. The first-order valence-electron chi connectivity index (χ1n) is 2.33. The van der Waals surface area contributed by atoms with Gasteiger partial charge in [0.2, 0.25) is 0 Å². The fourth-order valence-corrected chi connectivity index (χ4v) is 3.40. The summed E-state index contributed by atoms with van der Waals surface area (Å²) >= 11 is 3.38. The van der Waals surface area contributed by atoms with Crippen LogP contribution in [0.3, 0.4) is 0 Å². The van der Waals surface area contributed by atoms with E-state index in [1.54, 1.807) is 0 Å². The Morgan fingerprint density at radius 1 is 1.50 bits per heavy atom. The summed E-state index contributed by atoms with van der Waals surface area (Å²) in [5, 5.41) is 1.21. The second kappa shape index (κ2) is 3.87. The molecule has 0 saturated heterocycles. The van der Waals surface area contributed by atoms with Crippen LogP contribution in [0.1, 0.15) is 0 Å². The van der Waals surface area contributed by atoms with Crippen LogP contribution in [0.25, 0.3) is 0 Å². The van der Waals surface area contributed by atoms with E-state index in [2.05, 4.69) is 29.0 Å². The zero-order valence-electron chi connectivity index (χ0n) is 4.37. The second-order valence-electron chi connectivity index (χ2n) is 1.87. The molecule has 0 aliphatic carbocycles. The zero-order valence-corrected chi connectivity index (χ0v) is 7.11. The topological polar surface area (TPSA) is 0 Å². The Bertz CT molecular complexity index is 28.7. The van der Waals surface area contributed by atoms with Gasteiger partial charge in [0.1, 0.15) is 0 Å². The second-order valence-corrected chi connectivity index (χ2v) is 6.03. The van der Waals surface area contributed by atoms with Crippen LogP contribution in [0, 0.1) is 0 Å². The van der Waals surface area contributed by atoms with Crippen molar-refractivity contribution < 1.29 is 0 Å². The quantitative estimate of drug-likeness (QED) is 0.435. The highest BCUT2D eigenvalue weighted by molar-refractivity contribution is 9.09. The number of rotatable bonds is 2. The Morgan fingerprint density at radius 2 is 2.00 bits per heavy atom. The average molecular weight is 167 g/mol. The first-order chi connectivity index (χ1) is 2.77. The van der Waals surface area contributed by atoms with Gasteiger partial charge in [-0.15, -0.1) is 0 Å². The van der Waals surface area contributed by atoms with Gasteiger partial charge in [0, 0.05) is 14.1 Å². The molecule has 0 spiro atoms. The van der Waals surface area contributed by atoms with Gasteiger partial charge in [0.25, 0.3) is 0 Å². The molecule has 0 aliphatic heterocycles. The van der Waals surface area contributed by atoms with Gasteiger partial charge in [-0.3, -0.25) is 0 Å². The predicted molar refractivity (Wildman–Crippen MR) is 37.5 cm³/mol. The summed E-state index contributed by atoms with van der Waals surface area (Å²) in [5.74, 6) is 0. The third-order valence-corrected chi connectivity index (χ3v) is 3.43. The van der Waals surface area contributed by atoms with Gasteiger partial charge in [-0.2, -0.15) is 0 Å². The van der Waals surface area contributed by atoms with Crippen LogP contribution < -0.4 is 0 Å². The number of hydrogen-bond acceptors (Lipinski definition) is 0. The maximum absolute atomic E-state index is 3.38. The summed E-state index contributed by atoms with van der Waals surface area (Å²) in [4.78, 5) is 0. The minimum absolute atomic E-state index is 0.217. The minimum Gasteiger partial charge on any atom is -0.0931 e. The fraction of sp³-hybridized carbons (Fsp3) is 1.00. The summed E-state index contributed by atoms with van der Waals surface area (Å²) in [6, 6.07) is 1.43. The van der Waals surface area contributed by atoms with Crippen molar-refractivity contribution in [1.82, 2.24) is 0 Å². The van der Waals surface area contributed by atoms with Crippen molar-refractivity contribution in [3.63, 3.8) is 0 Å². The minimum atomic E-state index is -0.217. The van der Waals surface area contributed by atoms with Crippen LogP contribution in [0.2, 0.25) is 19.1 Å². The summed E-state index contributed by atoms with van der Waals surface area (Å²) in [6.45, 7) is 4.72. The molecule has 0 aromatic heterocycles. The lowest BCUT2D eigenvalue weighted by Gasteiger charge is -1.92. The van der Waals surface area contributed by atoms with Crippen LogP contribution in [0.5, 0.6) is 0 Å². The van der Waals surface area contributed by atoms with Crippen LogP contribution >= 0.6 is 15.9 Å². The highest BCUT2D eigenvalue weighted by Crippen LogP contribution is 1.93. The molecule has 0 unspecified atom stereocenters. The molecule has 6 heavy (non-hydrogen) atoms. The number of halogens is 1. The lowest BCUT2D eigenvalue weighted by molar-refractivity contribution is 1.46. The monoisotopic (exact) mass is 166 g/mol. The summed E-state index contributed by atoms with van der Waals surface area (Å²) in [6.07, 6.45) is 0. The van der Waals surface area contributed by atoms with Gasteiger partial charge in [0.05, 0.1) is 0 Å². The number of hydrogen-bond donors (Lipinski definition) is 0. The molecule has 0 N–H and O–H groups in total. The maximum atomic E-state index is 3.38. The molecule has 2 heteroatoms. The molecule has 38 valence electrons. The standard InChI is InChI=1S/C4H11BrSi/c1-6(2)4-3-5/h6H,3-4H2,1-2H3. The van der Waals surface area contributed by atoms with E-state index in [9.17, 15) is 0 Å². The van der Waals surface area contributed by atoms with E-state index in [1.165, 1.54) is 11.4 Å². The van der Waals surface area contributed by atoms with Crippen LogP contribution in [-0.4, -0.2) is 14.1 Å². The smallest absolute Gasteiger partial charge is 0.0313 e. The Labute approximate surface area is 49.7 Å². The van der Waals surface area contributed by atoms with Crippen molar-refractivity contribution in [3.05, 3.63) is 0 Å². The van der Waals surface area contributed by atoms with E-state index in [1.807, 2.05) is 0 Å². The maximum Gasteiger partial charge on any atom is 0.0313 e. The Hall–Kier alpha value is 0.697. The van der Waals surface area contributed by atoms with Gasteiger partial charge in [-0.1, -0.05) is 35.1 Å². The molecule has 0 aromatic rings. The lowest BCUT2D eigenvalue weighted by Crippen LogP contribution is -1.97. The van der Waals surface area contributed by atoms with Crippen molar-refractivity contribution in [2.75, 3.05) is 5.33 Å². The molecule has 0 rings (SSSR count). The van der Waals surface area contributed by atoms with Crippen molar-refractivity contribution in [2.24, 2.45) is 0 Å². The zero-order chi connectivity index (χ0) is 4.99. The molecule has 0 heterocycles. The molecular formula is C4H11BrSi. The molecular weight excluding hydrogens is 156 g/mol. The van der Waals surface area contributed by atoms with E-state index in [0.29, 0.717) is 0 Å². The largest absolute Gasteiger partial charge is 0.0931 e. The van der Waals surface area contributed by atoms with Gasteiger partial charge < -0.3 is 0 Å². The van der Waals surface area contributed by atoms with Crippen molar-refractivity contribution in [1.29, 1.82) is 0 Å². The molecule has 0 amide bonds. The highest BCUT2D eigenvalue weighted by atomic mass is 79.9. The Kier molecular flexibility index (Phi) is 4.32. The molecule has 0 aromatic carbocycles. The van der Waals surface area contributed by atoms with Crippen LogP contribution in [0.4, 0.5) is 0 Å². The van der Waals surface area contributed by atoms with Gasteiger partial charge in [-0.25, -0.2) is 0 Å². The average Bonchev–Trinajstić information content (AvgIpc) is 1.35. The van der Waals surface area contributed by atoms with Crippen molar-refractivity contribution in [2.45, 2.75) is 19.1 Å². The first kappa shape index (κ1) is 6.70. The summed E-state index contributed by atoms with van der Waals surface area (Å²) < 4.78 is 0.